The Morgan fingerprint density at radius 1 is 1.22 bits per heavy atom. The van der Waals surface area contributed by atoms with Gasteiger partial charge in [-0.15, -0.1) is 0 Å². The van der Waals surface area contributed by atoms with Gasteiger partial charge >= 0.3 is 0 Å². The summed E-state index contributed by atoms with van der Waals surface area (Å²) in [6, 6.07) is 7.98. The summed E-state index contributed by atoms with van der Waals surface area (Å²) in [5.41, 5.74) is 2.52. The molecule has 1 aliphatic carbocycles. The molecule has 23 heavy (non-hydrogen) atoms. The minimum absolute atomic E-state index is 0.0987. The molecule has 0 aliphatic heterocycles. The van der Waals surface area contributed by atoms with Gasteiger partial charge in [0.25, 0.3) is 5.91 Å². The van der Waals surface area contributed by atoms with E-state index in [1.807, 2.05) is 48.0 Å². The number of nitrogens with zero attached hydrogens (tertiary/aromatic N) is 3. The maximum Gasteiger partial charge on any atom is 0.253 e. The largest absolute Gasteiger partial charge is 0.338 e. The van der Waals surface area contributed by atoms with Crippen LogP contribution in [-0.4, -0.2) is 45.4 Å². The quantitative estimate of drug-likeness (QED) is 0.862. The smallest absolute Gasteiger partial charge is 0.253 e. The fraction of sp³-hybridized carbons (Fsp3) is 0.389. The van der Waals surface area contributed by atoms with Crippen LogP contribution in [0.3, 0.4) is 0 Å². The van der Waals surface area contributed by atoms with Gasteiger partial charge in [0.1, 0.15) is 0 Å². The molecule has 1 aromatic heterocycles. The lowest BCUT2D eigenvalue weighted by atomic mass is 10.1. The van der Waals surface area contributed by atoms with E-state index in [2.05, 4.69) is 16.2 Å². The van der Waals surface area contributed by atoms with Crippen LogP contribution in [0.2, 0.25) is 0 Å². The SMILES string of the molecule is CS[C@@H]1CCC[C@@H]1N(C)C(=O)c1ccc(-c2cnccn2)cc1. The van der Waals surface area contributed by atoms with Crippen molar-refractivity contribution in [1.29, 1.82) is 0 Å². The van der Waals surface area contributed by atoms with Crippen molar-refractivity contribution in [1.82, 2.24) is 14.9 Å². The first kappa shape index (κ1) is 16.0. The number of carbonyl (C=O) groups excluding carboxylic acids is 1. The zero-order valence-electron chi connectivity index (χ0n) is 13.5. The van der Waals surface area contributed by atoms with Crippen LogP contribution in [0.15, 0.2) is 42.9 Å². The molecule has 1 amide bonds. The van der Waals surface area contributed by atoms with Crippen LogP contribution < -0.4 is 0 Å². The summed E-state index contributed by atoms with van der Waals surface area (Å²) in [4.78, 5) is 23.0. The maximum absolute atomic E-state index is 12.7. The number of rotatable bonds is 4. The molecule has 0 unspecified atom stereocenters. The molecule has 1 aliphatic rings. The molecule has 5 heteroatoms. The summed E-state index contributed by atoms with van der Waals surface area (Å²) in [7, 11) is 1.93. The summed E-state index contributed by atoms with van der Waals surface area (Å²) >= 11 is 1.87. The van der Waals surface area contributed by atoms with Crippen LogP contribution in [0.25, 0.3) is 11.3 Å². The van der Waals surface area contributed by atoms with Crippen molar-refractivity contribution in [3.05, 3.63) is 48.4 Å². The highest BCUT2D eigenvalue weighted by Gasteiger charge is 2.32. The Morgan fingerprint density at radius 3 is 2.65 bits per heavy atom. The molecule has 2 atom stereocenters. The maximum atomic E-state index is 12.7. The van der Waals surface area contributed by atoms with E-state index < -0.39 is 0 Å². The van der Waals surface area contributed by atoms with E-state index in [0.717, 1.165) is 23.2 Å². The molecule has 2 aromatic rings. The highest BCUT2D eigenvalue weighted by Crippen LogP contribution is 2.32. The number of hydrogen-bond donors (Lipinski definition) is 0. The third-order valence-electron chi connectivity index (χ3n) is 4.53. The lowest BCUT2D eigenvalue weighted by Gasteiger charge is -2.29. The molecule has 0 saturated heterocycles. The Balaban J connectivity index is 1.75. The Kier molecular flexibility index (Phi) is 4.96. The van der Waals surface area contributed by atoms with Crippen molar-refractivity contribution >= 4 is 17.7 Å². The number of thioether (sulfide) groups is 1. The van der Waals surface area contributed by atoms with Gasteiger partial charge in [0.2, 0.25) is 0 Å². The average molecular weight is 327 g/mol. The van der Waals surface area contributed by atoms with Gasteiger partial charge in [0.15, 0.2) is 0 Å². The third-order valence-corrected chi connectivity index (χ3v) is 5.68. The minimum Gasteiger partial charge on any atom is -0.338 e. The van der Waals surface area contributed by atoms with Gasteiger partial charge in [0, 0.05) is 41.9 Å². The molecule has 0 N–H and O–H groups in total. The summed E-state index contributed by atoms with van der Waals surface area (Å²) in [6.07, 6.45) is 10.7. The topological polar surface area (TPSA) is 46.1 Å². The summed E-state index contributed by atoms with van der Waals surface area (Å²) in [5.74, 6) is 0.0987. The second-order valence-corrected chi connectivity index (χ2v) is 6.93. The van der Waals surface area contributed by atoms with Crippen LogP contribution in [-0.2, 0) is 0 Å². The predicted octanol–water partition coefficient (Wildman–Crippen LogP) is 3.50. The fourth-order valence-corrected chi connectivity index (χ4v) is 4.25. The zero-order chi connectivity index (χ0) is 16.2. The van der Waals surface area contributed by atoms with Crippen molar-refractivity contribution in [2.75, 3.05) is 13.3 Å². The van der Waals surface area contributed by atoms with E-state index in [0.29, 0.717) is 11.3 Å². The van der Waals surface area contributed by atoms with Crippen LogP contribution in [0.1, 0.15) is 29.6 Å². The average Bonchev–Trinajstić information content (AvgIpc) is 3.10. The van der Waals surface area contributed by atoms with Crippen LogP contribution in [0, 0.1) is 0 Å². The van der Waals surface area contributed by atoms with Crippen LogP contribution in [0.5, 0.6) is 0 Å². The van der Waals surface area contributed by atoms with Crippen LogP contribution >= 0.6 is 11.8 Å². The van der Waals surface area contributed by atoms with Gasteiger partial charge in [-0.1, -0.05) is 18.6 Å². The number of amides is 1. The second kappa shape index (κ2) is 7.13. The van der Waals surface area contributed by atoms with E-state index in [1.165, 1.54) is 12.8 Å². The lowest BCUT2D eigenvalue weighted by Crippen LogP contribution is -2.40. The van der Waals surface area contributed by atoms with E-state index in [9.17, 15) is 4.79 Å². The predicted molar refractivity (Wildman–Crippen MR) is 94.5 cm³/mol. The molecule has 1 aromatic carbocycles. The molecule has 1 saturated carbocycles. The third kappa shape index (κ3) is 3.39. The van der Waals surface area contributed by atoms with Gasteiger partial charge in [-0.3, -0.25) is 14.8 Å². The Hall–Kier alpha value is -1.88. The Labute approximate surface area is 141 Å². The molecule has 3 rings (SSSR count). The van der Waals surface area contributed by atoms with Crippen molar-refractivity contribution in [3.8, 4) is 11.3 Å². The second-order valence-electron chi connectivity index (χ2n) is 5.86. The molecule has 0 spiro atoms. The molecule has 4 nitrogen and oxygen atoms in total. The monoisotopic (exact) mass is 327 g/mol. The highest BCUT2D eigenvalue weighted by molar-refractivity contribution is 7.99. The standard InChI is InChI=1S/C18H21N3OS/c1-21(16-4-3-5-17(16)23-2)18(22)14-8-6-13(7-9-14)15-12-19-10-11-20-15/h6-12,16-17H,3-5H2,1-2H3/t16-,17+/m0/s1. The summed E-state index contributed by atoms with van der Waals surface area (Å²) in [6.45, 7) is 0. The number of aromatic nitrogens is 2. The van der Waals surface area contributed by atoms with Crippen LogP contribution in [0.4, 0.5) is 0 Å². The van der Waals surface area contributed by atoms with Crippen molar-refractivity contribution < 1.29 is 4.79 Å². The zero-order valence-corrected chi connectivity index (χ0v) is 14.3. The van der Waals surface area contributed by atoms with Crippen molar-refractivity contribution in [3.63, 3.8) is 0 Å². The Morgan fingerprint density at radius 2 is 2.00 bits per heavy atom. The van der Waals surface area contributed by atoms with Crippen molar-refractivity contribution in [2.24, 2.45) is 0 Å². The van der Waals surface area contributed by atoms with Gasteiger partial charge in [-0.2, -0.15) is 11.8 Å². The summed E-state index contributed by atoms with van der Waals surface area (Å²) in [5, 5.41) is 0.558. The molecule has 0 bridgehead atoms. The molecule has 0 radical (unpaired) electrons. The number of carbonyl (C=O) groups is 1. The van der Waals surface area contributed by atoms with Gasteiger partial charge in [-0.25, -0.2) is 0 Å². The van der Waals surface area contributed by atoms with E-state index in [4.69, 9.17) is 0 Å². The summed E-state index contributed by atoms with van der Waals surface area (Å²) < 4.78 is 0. The first-order chi connectivity index (χ1) is 11.2. The molecule has 120 valence electrons. The number of hydrogen-bond acceptors (Lipinski definition) is 4. The molecular weight excluding hydrogens is 306 g/mol. The van der Waals surface area contributed by atoms with Gasteiger partial charge in [0.05, 0.1) is 11.9 Å². The first-order valence-corrected chi connectivity index (χ1v) is 9.16. The molecule has 1 heterocycles. The minimum atomic E-state index is 0.0987. The number of benzene rings is 1. The normalized spacial score (nSPS) is 20.4. The van der Waals surface area contributed by atoms with Gasteiger partial charge in [-0.05, 0) is 31.2 Å². The molecule has 1 fully saturated rings. The lowest BCUT2D eigenvalue weighted by molar-refractivity contribution is 0.0738. The van der Waals surface area contributed by atoms with E-state index >= 15 is 0 Å². The van der Waals surface area contributed by atoms with Gasteiger partial charge < -0.3 is 4.90 Å². The first-order valence-electron chi connectivity index (χ1n) is 7.87. The van der Waals surface area contributed by atoms with E-state index in [-0.39, 0.29) is 5.91 Å². The molecular formula is C18H21N3OS. The Bertz CT molecular complexity index is 660. The fourth-order valence-electron chi connectivity index (χ4n) is 3.21. The highest BCUT2D eigenvalue weighted by atomic mass is 32.2. The van der Waals surface area contributed by atoms with E-state index in [1.54, 1.807) is 18.6 Å². The van der Waals surface area contributed by atoms with Crippen molar-refractivity contribution in [2.45, 2.75) is 30.6 Å².